The van der Waals surface area contributed by atoms with Crippen molar-refractivity contribution in [1.82, 2.24) is 0 Å². The van der Waals surface area contributed by atoms with Crippen molar-refractivity contribution in [2.75, 3.05) is 26.4 Å². The third-order valence-electron chi connectivity index (χ3n) is 9.36. The van der Waals surface area contributed by atoms with E-state index in [4.69, 9.17) is 19.1 Å². The third kappa shape index (κ3) is 43.3. The number of aliphatic hydroxyl groups is 2. The lowest BCUT2D eigenvalue weighted by Crippen LogP contribution is -2.29. The molecule has 0 rings (SSSR count). The molecule has 59 heavy (non-hydrogen) atoms. The molecule has 0 saturated heterocycles. The van der Waals surface area contributed by atoms with Gasteiger partial charge in [-0.2, -0.15) is 0 Å². The first-order valence-corrected chi connectivity index (χ1v) is 24.4. The standard InChI is InChI=1S/C48H83O10P/c1-3-5-7-9-11-13-15-17-19-20-21-22-23-24-26-28-30-32-34-36-38-40-48(52)58-46(44-57-59(53,54)56-42-45(50)41-49)43-55-47(51)39-37-35-33-31-29-27-25-18-16-14-12-10-8-6-4-2/h14,16,18-20,22-23,25-26,28,32,34,45-46,49-50H,3-13,15,17,21,24,27,29-31,33,35-44H2,1-2H3,(H,53,54)/b16-14+,20-19+,23-22+,25-18+,28-26+,34-32+/t45-,46+/m0/s1. The average Bonchev–Trinajstić information content (AvgIpc) is 3.22. The van der Waals surface area contributed by atoms with Crippen LogP contribution < -0.4 is 0 Å². The summed E-state index contributed by atoms with van der Waals surface area (Å²) < 4.78 is 32.7. The van der Waals surface area contributed by atoms with Gasteiger partial charge in [-0.1, -0.05) is 164 Å². The van der Waals surface area contributed by atoms with Gasteiger partial charge in [-0.3, -0.25) is 18.6 Å². The Kier molecular flexibility index (Phi) is 41.6. The molecule has 0 aromatic heterocycles. The molecule has 0 amide bonds. The molecule has 340 valence electrons. The van der Waals surface area contributed by atoms with Gasteiger partial charge >= 0.3 is 19.8 Å². The molecule has 0 bridgehead atoms. The van der Waals surface area contributed by atoms with Gasteiger partial charge in [0, 0.05) is 12.8 Å². The minimum absolute atomic E-state index is 0.102. The third-order valence-corrected chi connectivity index (χ3v) is 10.3. The van der Waals surface area contributed by atoms with Crippen molar-refractivity contribution in [1.29, 1.82) is 0 Å². The van der Waals surface area contributed by atoms with Gasteiger partial charge in [0.2, 0.25) is 0 Å². The molecule has 0 aliphatic heterocycles. The first kappa shape index (κ1) is 56.4. The molecule has 0 fully saturated rings. The maximum Gasteiger partial charge on any atom is 0.472 e. The molecule has 0 aromatic carbocycles. The van der Waals surface area contributed by atoms with Gasteiger partial charge in [0.05, 0.1) is 19.8 Å². The maximum absolute atomic E-state index is 12.6. The lowest BCUT2D eigenvalue weighted by Gasteiger charge is -2.20. The van der Waals surface area contributed by atoms with Gasteiger partial charge in [-0.05, 0) is 77.0 Å². The van der Waals surface area contributed by atoms with Crippen molar-refractivity contribution in [2.45, 2.75) is 193 Å². The van der Waals surface area contributed by atoms with Crippen molar-refractivity contribution in [3.8, 4) is 0 Å². The number of carbonyl (C=O) groups is 2. The minimum Gasteiger partial charge on any atom is -0.462 e. The molecular weight excluding hydrogens is 767 g/mol. The zero-order valence-electron chi connectivity index (χ0n) is 36.9. The highest BCUT2D eigenvalue weighted by Crippen LogP contribution is 2.43. The fourth-order valence-electron chi connectivity index (χ4n) is 5.80. The SMILES string of the molecule is CCCCCC/C=C/C=C/CCCCCCCC(=O)OC[C@H](COP(=O)(O)OC[C@@H](O)CO)OC(=O)CCC/C=C/C/C=C/C/C=C/C/C=C/CCCCCCCCC. The fraction of sp³-hybridized carbons (Fsp3) is 0.708. The fourth-order valence-corrected chi connectivity index (χ4v) is 6.59. The van der Waals surface area contributed by atoms with Crippen LogP contribution in [0.2, 0.25) is 0 Å². The molecule has 0 aromatic rings. The molecule has 3 atom stereocenters. The van der Waals surface area contributed by atoms with E-state index in [1.54, 1.807) is 0 Å². The highest BCUT2D eigenvalue weighted by atomic mass is 31.2. The summed E-state index contributed by atoms with van der Waals surface area (Å²) in [5.41, 5.74) is 0. The highest BCUT2D eigenvalue weighted by Gasteiger charge is 2.27. The summed E-state index contributed by atoms with van der Waals surface area (Å²) in [5, 5.41) is 18.3. The molecule has 0 aliphatic rings. The van der Waals surface area contributed by atoms with E-state index in [0.29, 0.717) is 19.3 Å². The van der Waals surface area contributed by atoms with Crippen molar-refractivity contribution in [3.05, 3.63) is 72.9 Å². The Bertz CT molecular complexity index is 1210. The van der Waals surface area contributed by atoms with E-state index in [2.05, 4.69) is 85.2 Å². The first-order valence-electron chi connectivity index (χ1n) is 22.9. The van der Waals surface area contributed by atoms with Gasteiger partial charge in [0.1, 0.15) is 12.7 Å². The number of unbranched alkanes of at least 4 members (excludes halogenated alkanes) is 17. The van der Waals surface area contributed by atoms with Crippen LogP contribution in [0.3, 0.4) is 0 Å². The number of aliphatic hydroxyl groups excluding tert-OH is 2. The van der Waals surface area contributed by atoms with Crippen LogP contribution in [-0.2, 0) is 32.7 Å². The van der Waals surface area contributed by atoms with Crippen LogP contribution in [0.1, 0.15) is 181 Å². The monoisotopic (exact) mass is 851 g/mol. The van der Waals surface area contributed by atoms with Gasteiger partial charge in [-0.15, -0.1) is 0 Å². The normalized spacial score (nSPS) is 14.5. The van der Waals surface area contributed by atoms with Gasteiger partial charge < -0.3 is 24.6 Å². The number of phosphoric ester groups is 1. The number of rotatable bonds is 42. The van der Waals surface area contributed by atoms with E-state index in [1.807, 2.05) is 6.08 Å². The Labute approximate surface area is 358 Å². The summed E-state index contributed by atoms with van der Waals surface area (Å²) in [5.74, 6) is -1.01. The van der Waals surface area contributed by atoms with E-state index in [1.165, 1.54) is 77.0 Å². The number of phosphoric acid groups is 1. The van der Waals surface area contributed by atoms with E-state index in [9.17, 15) is 24.2 Å². The van der Waals surface area contributed by atoms with Crippen molar-refractivity contribution >= 4 is 19.8 Å². The highest BCUT2D eigenvalue weighted by molar-refractivity contribution is 7.47. The summed E-state index contributed by atoms with van der Waals surface area (Å²) in [6.07, 6.45) is 50.2. The van der Waals surface area contributed by atoms with Crippen LogP contribution in [0.25, 0.3) is 0 Å². The number of ether oxygens (including phenoxy) is 2. The largest absolute Gasteiger partial charge is 0.472 e. The predicted molar refractivity (Wildman–Crippen MR) is 242 cm³/mol. The number of hydrogen-bond donors (Lipinski definition) is 3. The first-order chi connectivity index (χ1) is 28.7. The van der Waals surface area contributed by atoms with Crippen LogP contribution >= 0.6 is 7.82 Å². The number of esters is 2. The van der Waals surface area contributed by atoms with Crippen LogP contribution in [0, 0.1) is 0 Å². The Morgan fingerprint density at radius 2 is 0.949 bits per heavy atom. The molecular formula is C48H83O10P. The Morgan fingerprint density at radius 3 is 1.49 bits per heavy atom. The molecule has 0 heterocycles. The summed E-state index contributed by atoms with van der Waals surface area (Å²) in [6, 6.07) is 0. The Balaban J connectivity index is 4.40. The summed E-state index contributed by atoms with van der Waals surface area (Å²) in [7, 11) is -4.64. The molecule has 0 saturated carbocycles. The number of hydrogen-bond acceptors (Lipinski definition) is 9. The molecule has 1 unspecified atom stereocenters. The van der Waals surface area contributed by atoms with Crippen molar-refractivity contribution in [3.63, 3.8) is 0 Å². The van der Waals surface area contributed by atoms with Gasteiger partial charge in [0.15, 0.2) is 6.10 Å². The van der Waals surface area contributed by atoms with Crippen LogP contribution in [0.15, 0.2) is 72.9 Å². The zero-order chi connectivity index (χ0) is 43.3. The molecule has 0 aliphatic carbocycles. The molecule has 11 heteroatoms. The van der Waals surface area contributed by atoms with Crippen LogP contribution in [0.4, 0.5) is 0 Å². The summed E-state index contributed by atoms with van der Waals surface area (Å²) in [6.45, 7) is 2.27. The number of allylic oxidation sites excluding steroid dienone is 12. The van der Waals surface area contributed by atoms with Crippen LogP contribution in [0.5, 0.6) is 0 Å². The molecule has 10 nitrogen and oxygen atoms in total. The topological polar surface area (TPSA) is 149 Å². The molecule has 3 N–H and O–H groups in total. The molecule has 0 spiro atoms. The second-order valence-corrected chi connectivity index (χ2v) is 16.6. The zero-order valence-corrected chi connectivity index (χ0v) is 37.8. The molecule has 0 radical (unpaired) electrons. The average molecular weight is 851 g/mol. The van der Waals surface area contributed by atoms with E-state index in [0.717, 1.165) is 57.8 Å². The smallest absolute Gasteiger partial charge is 0.462 e. The van der Waals surface area contributed by atoms with E-state index >= 15 is 0 Å². The lowest BCUT2D eigenvalue weighted by molar-refractivity contribution is -0.161. The summed E-state index contributed by atoms with van der Waals surface area (Å²) >= 11 is 0. The van der Waals surface area contributed by atoms with Crippen LogP contribution in [-0.4, -0.2) is 65.7 Å². The second kappa shape index (κ2) is 43.5. The Hall–Kier alpha value is -2.59. The lowest BCUT2D eigenvalue weighted by atomic mass is 10.1. The second-order valence-electron chi connectivity index (χ2n) is 15.1. The number of carbonyl (C=O) groups excluding carboxylic acids is 2. The van der Waals surface area contributed by atoms with E-state index < -0.39 is 51.8 Å². The predicted octanol–water partition coefficient (Wildman–Crippen LogP) is 12.4. The van der Waals surface area contributed by atoms with Crippen molar-refractivity contribution in [2.24, 2.45) is 0 Å². The minimum atomic E-state index is -4.64. The Morgan fingerprint density at radius 1 is 0.525 bits per heavy atom. The maximum atomic E-state index is 12.6. The van der Waals surface area contributed by atoms with Gasteiger partial charge in [0.25, 0.3) is 0 Å². The van der Waals surface area contributed by atoms with Crippen molar-refractivity contribution < 1.29 is 47.8 Å². The summed E-state index contributed by atoms with van der Waals surface area (Å²) in [4.78, 5) is 35.0. The van der Waals surface area contributed by atoms with E-state index in [-0.39, 0.29) is 19.4 Å². The van der Waals surface area contributed by atoms with Gasteiger partial charge in [-0.25, -0.2) is 4.57 Å². The quantitative estimate of drug-likeness (QED) is 0.0178.